The Hall–Kier alpha value is -1.76. The fraction of sp³-hybridized carbons (Fsp3) is 0.474. The first-order chi connectivity index (χ1) is 12.2. The normalized spacial score (nSPS) is 26.8. The van der Waals surface area contributed by atoms with Gasteiger partial charge in [-0.15, -0.1) is 11.3 Å². The highest BCUT2D eigenvalue weighted by atomic mass is 32.1. The van der Waals surface area contributed by atoms with E-state index in [0.717, 1.165) is 38.9 Å². The van der Waals surface area contributed by atoms with Gasteiger partial charge in [0.1, 0.15) is 0 Å². The zero-order chi connectivity index (χ0) is 17.1. The van der Waals surface area contributed by atoms with Crippen molar-refractivity contribution in [2.45, 2.75) is 37.5 Å². The van der Waals surface area contributed by atoms with Crippen LogP contribution in [0.4, 0.5) is 0 Å². The minimum absolute atomic E-state index is 0.0158. The number of hydrogen-bond acceptors (Lipinski definition) is 5. The van der Waals surface area contributed by atoms with Crippen LogP contribution in [0.2, 0.25) is 0 Å². The Kier molecular flexibility index (Phi) is 4.83. The molecule has 132 valence electrons. The van der Waals surface area contributed by atoms with E-state index in [1.54, 1.807) is 35.9 Å². The lowest BCUT2D eigenvalue weighted by Crippen LogP contribution is -2.49. The molecule has 1 amide bonds. The molecule has 4 rings (SSSR count). The summed E-state index contributed by atoms with van der Waals surface area (Å²) in [6, 6.07) is 7.98. The van der Waals surface area contributed by atoms with Gasteiger partial charge in [0.25, 0.3) is 5.91 Å². The van der Waals surface area contributed by atoms with Crippen molar-refractivity contribution in [2.75, 3.05) is 19.7 Å². The van der Waals surface area contributed by atoms with Crippen molar-refractivity contribution >= 4 is 17.2 Å². The van der Waals surface area contributed by atoms with Crippen LogP contribution in [-0.2, 0) is 11.3 Å². The van der Waals surface area contributed by atoms with Gasteiger partial charge in [-0.05, 0) is 42.8 Å². The molecule has 2 aliphatic heterocycles. The first-order valence-electron chi connectivity index (χ1n) is 8.82. The molecule has 1 spiro atoms. The summed E-state index contributed by atoms with van der Waals surface area (Å²) in [7, 11) is 0. The molecule has 0 saturated carbocycles. The molecular weight excluding hydrogens is 334 g/mol. The van der Waals surface area contributed by atoms with E-state index in [1.807, 2.05) is 0 Å². The van der Waals surface area contributed by atoms with Gasteiger partial charge in [-0.2, -0.15) is 0 Å². The monoisotopic (exact) mass is 357 g/mol. The Morgan fingerprint density at radius 3 is 3.08 bits per heavy atom. The van der Waals surface area contributed by atoms with Gasteiger partial charge in [0.05, 0.1) is 5.60 Å². The molecule has 0 unspecified atom stereocenters. The molecule has 0 aromatic carbocycles. The molecule has 1 N–H and O–H groups in total. The minimum Gasteiger partial charge on any atom is -0.373 e. The second kappa shape index (κ2) is 7.23. The van der Waals surface area contributed by atoms with Crippen molar-refractivity contribution in [3.63, 3.8) is 0 Å². The maximum absolute atomic E-state index is 12.4. The van der Waals surface area contributed by atoms with Crippen LogP contribution in [0, 0.1) is 0 Å². The topological polar surface area (TPSA) is 54.5 Å². The second-order valence-electron chi connectivity index (χ2n) is 6.97. The summed E-state index contributed by atoms with van der Waals surface area (Å²) in [6.45, 7) is 3.72. The quantitative estimate of drug-likeness (QED) is 0.914. The molecule has 4 heterocycles. The highest BCUT2D eigenvalue weighted by molar-refractivity contribution is 7.09. The number of likely N-dealkylation sites (tertiary alicyclic amines) is 1. The number of ether oxygens (including phenoxy) is 1. The molecule has 6 heteroatoms. The molecule has 2 saturated heterocycles. The van der Waals surface area contributed by atoms with Crippen LogP contribution in [0.3, 0.4) is 0 Å². The molecule has 2 aromatic heterocycles. The Morgan fingerprint density at radius 2 is 2.28 bits per heavy atom. The largest absolute Gasteiger partial charge is 0.373 e. The molecule has 2 aromatic rings. The van der Waals surface area contributed by atoms with Crippen molar-refractivity contribution in [1.29, 1.82) is 0 Å². The highest BCUT2D eigenvalue weighted by Crippen LogP contribution is 2.35. The van der Waals surface area contributed by atoms with Crippen LogP contribution in [-0.4, -0.2) is 47.1 Å². The van der Waals surface area contributed by atoms with Gasteiger partial charge in [0, 0.05) is 55.1 Å². The average Bonchev–Trinajstić information content (AvgIpc) is 3.27. The first-order valence-corrected chi connectivity index (χ1v) is 9.70. The predicted molar refractivity (Wildman–Crippen MR) is 97.6 cm³/mol. The fourth-order valence-corrected chi connectivity index (χ4v) is 4.64. The molecular formula is C19H23N3O2S. The number of nitrogens with zero attached hydrogens (tertiary/aromatic N) is 2. The van der Waals surface area contributed by atoms with Gasteiger partial charge in [0.2, 0.25) is 0 Å². The summed E-state index contributed by atoms with van der Waals surface area (Å²) in [4.78, 5) is 20.2. The number of rotatable bonds is 4. The van der Waals surface area contributed by atoms with Crippen molar-refractivity contribution in [3.8, 4) is 0 Å². The number of carbonyl (C=O) groups is 1. The molecule has 25 heavy (non-hydrogen) atoms. The molecule has 2 aliphatic rings. The van der Waals surface area contributed by atoms with E-state index in [9.17, 15) is 4.79 Å². The Balaban J connectivity index is 1.35. The standard InChI is InChI=1S/C19H23N3O2S/c23-18(15-3-7-20-8-4-15)21-16-5-10-24-19(12-16)6-9-22(14-19)13-17-2-1-11-25-17/h1-4,7-8,11,16H,5-6,9-10,12-14H2,(H,21,23)/t16-,19-/m1/s1. The van der Waals surface area contributed by atoms with E-state index >= 15 is 0 Å². The number of aromatic nitrogens is 1. The van der Waals surface area contributed by atoms with Gasteiger partial charge in [-0.1, -0.05) is 6.07 Å². The minimum atomic E-state index is -0.105. The van der Waals surface area contributed by atoms with Crippen LogP contribution in [0.25, 0.3) is 0 Å². The SMILES string of the molecule is O=C(N[C@@H]1CCO[C@]2(CCN(Cc3cccs3)C2)C1)c1ccncc1. The number of carbonyl (C=O) groups excluding carboxylic acids is 1. The maximum atomic E-state index is 12.4. The van der Waals surface area contributed by atoms with Crippen LogP contribution in [0.5, 0.6) is 0 Å². The fourth-order valence-electron chi connectivity index (χ4n) is 3.89. The smallest absolute Gasteiger partial charge is 0.251 e. The summed E-state index contributed by atoms with van der Waals surface area (Å²) in [5.41, 5.74) is 0.562. The van der Waals surface area contributed by atoms with E-state index < -0.39 is 0 Å². The summed E-state index contributed by atoms with van der Waals surface area (Å²) >= 11 is 1.81. The molecule has 5 nitrogen and oxygen atoms in total. The van der Waals surface area contributed by atoms with E-state index in [2.05, 4.69) is 32.7 Å². The van der Waals surface area contributed by atoms with Gasteiger partial charge in [0.15, 0.2) is 0 Å². The van der Waals surface area contributed by atoms with E-state index in [-0.39, 0.29) is 17.6 Å². The maximum Gasteiger partial charge on any atom is 0.251 e. The number of nitrogens with one attached hydrogen (secondary N) is 1. The second-order valence-corrected chi connectivity index (χ2v) is 8.00. The molecule has 0 bridgehead atoms. The zero-order valence-corrected chi connectivity index (χ0v) is 15.0. The van der Waals surface area contributed by atoms with Gasteiger partial charge in [-0.25, -0.2) is 0 Å². The van der Waals surface area contributed by atoms with Crippen LogP contribution in [0.1, 0.15) is 34.5 Å². The van der Waals surface area contributed by atoms with Crippen molar-refractivity contribution in [3.05, 3.63) is 52.5 Å². The molecule has 2 atom stereocenters. The third-order valence-corrected chi connectivity index (χ3v) is 5.99. The first kappa shape index (κ1) is 16.7. The third-order valence-electron chi connectivity index (χ3n) is 5.13. The molecule has 0 aliphatic carbocycles. The lowest BCUT2D eigenvalue weighted by molar-refractivity contribution is -0.0792. The summed E-state index contributed by atoms with van der Waals surface area (Å²) in [5.74, 6) is -0.0158. The van der Waals surface area contributed by atoms with Gasteiger partial charge in [-0.3, -0.25) is 14.7 Å². The van der Waals surface area contributed by atoms with E-state index in [4.69, 9.17) is 4.74 Å². The molecule has 0 radical (unpaired) electrons. The van der Waals surface area contributed by atoms with Crippen molar-refractivity contribution < 1.29 is 9.53 Å². The van der Waals surface area contributed by atoms with E-state index in [1.165, 1.54) is 4.88 Å². The number of thiophene rings is 1. The zero-order valence-electron chi connectivity index (χ0n) is 14.2. The molecule has 2 fully saturated rings. The number of pyridine rings is 1. The van der Waals surface area contributed by atoms with Crippen molar-refractivity contribution in [1.82, 2.24) is 15.2 Å². The Bertz CT molecular complexity index is 707. The van der Waals surface area contributed by atoms with E-state index in [0.29, 0.717) is 12.2 Å². The lowest BCUT2D eigenvalue weighted by atomic mass is 9.89. The Labute approximate surface area is 152 Å². The van der Waals surface area contributed by atoms with Gasteiger partial charge < -0.3 is 10.1 Å². The lowest BCUT2D eigenvalue weighted by Gasteiger charge is -2.38. The summed E-state index contributed by atoms with van der Waals surface area (Å²) < 4.78 is 6.19. The van der Waals surface area contributed by atoms with Crippen LogP contribution >= 0.6 is 11.3 Å². The van der Waals surface area contributed by atoms with Crippen LogP contribution < -0.4 is 5.32 Å². The highest BCUT2D eigenvalue weighted by Gasteiger charge is 2.43. The van der Waals surface area contributed by atoms with Gasteiger partial charge >= 0.3 is 0 Å². The average molecular weight is 357 g/mol. The summed E-state index contributed by atoms with van der Waals surface area (Å²) in [5, 5.41) is 5.31. The Morgan fingerprint density at radius 1 is 1.40 bits per heavy atom. The van der Waals surface area contributed by atoms with Crippen molar-refractivity contribution in [2.24, 2.45) is 0 Å². The summed E-state index contributed by atoms with van der Waals surface area (Å²) in [6.07, 6.45) is 6.12. The van der Waals surface area contributed by atoms with Crippen LogP contribution in [0.15, 0.2) is 42.0 Å². The third kappa shape index (κ3) is 3.92. The number of hydrogen-bond donors (Lipinski definition) is 1. The predicted octanol–water partition coefficient (Wildman–Crippen LogP) is 2.70. The number of amides is 1.